The van der Waals surface area contributed by atoms with E-state index in [1.165, 1.54) is 18.9 Å². The monoisotopic (exact) mass is 422 g/mol. The number of amides is 1. The Morgan fingerprint density at radius 3 is 2.77 bits per heavy atom. The van der Waals surface area contributed by atoms with Crippen LogP contribution in [0.2, 0.25) is 0 Å². The average molecular weight is 423 g/mol. The Kier molecular flexibility index (Phi) is 6.20. The van der Waals surface area contributed by atoms with Crippen LogP contribution in [0, 0.1) is 22.0 Å². The Bertz CT molecular complexity index is 949. The highest BCUT2D eigenvalue weighted by molar-refractivity contribution is 5.96. The van der Waals surface area contributed by atoms with Gasteiger partial charge in [0.2, 0.25) is 0 Å². The molecule has 1 aromatic carbocycles. The van der Waals surface area contributed by atoms with Gasteiger partial charge in [0.15, 0.2) is 0 Å². The van der Waals surface area contributed by atoms with E-state index in [1.807, 2.05) is 30.0 Å². The number of carbonyl (C=O) groups excluding carboxylic acids is 1. The number of anilines is 1. The van der Waals surface area contributed by atoms with Crippen molar-refractivity contribution in [3.63, 3.8) is 0 Å². The van der Waals surface area contributed by atoms with Crippen LogP contribution in [0.1, 0.15) is 68.0 Å². The molecule has 4 unspecified atom stereocenters. The van der Waals surface area contributed by atoms with Crippen LogP contribution in [0.15, 0.2) is 42.6 Å². The van der Waals surface area contributed by atoms with Crippen molar-refractivity contribution in [2.45, 2.75) is 58.0 Å². The first kappa shape index (κ1) is 21.3. The molecule has 0 bridgehead atoms. The van der Waals surface area contributed by atoms with Gasteiger partial charge in [-0.1, -0.05) is 25.8 Å². The van der Waals surface area contributed by atoms with Crippen molar-refractivity contribution in [1.82, 2.24) is 9.88 Å². The summed E-state index contributed by atoms with van der Waals surface area (Å²) in [7, 11) is 0. The van der Waals surface area contributed by atoms with Gasteiger partial charge in [0.25, 0.3) is 11.6 Å². The van der Waals surface area contributed by atoms with Gasteiger partial charge in [0, 0.05) is 30.4 Å². The van der Waals surface area contributed by atoms with Crippen molar-refractivity contribution in [1.29, 1.82) is 0 Å². The maximum absolute atomic E-state index is 13.4. The fraction of sp³-hybridized carbons (Fsp3) is 0.500. The Hall–Kier alpha value is -2.96. The maximum atomic E-state index is 13.4. The molecule has 7 nitrogen and oxygen atoms in total. The predicted octanol–water partition coefficient (Wildman–Crippen LogP) is 5.20. The van der Waals surface area contributed by atoms with Crippen molar-refractivity contribution in [2.75, 3.05) is 11.9 Å². The van der Waals surface area contributed by atoms with Crippen molar-refractivity contribution < 1.29 is 9.72 Å². The summed E-state index contributed by atoms with van der Waals surface area (Å²) < 4.78 is 0. The molecular weight excluding hydrogens is 392 g/mol. The van der Waals surface area contributed by atoms with Gasteiger partial charge in [0.05, 0.1) is 16.7 Å². The Labute approximate surface area is 183 Å². The average Bonchev–Trinajstić information content (AvgIpc) is 2.80. The van der Waals surface area contributed by atoms with Crippen molar-refractivity contribution in [3.05, 3.63) is 64.0 Å². The molecule has 2 fully saturated rings. The number of fused-ring (bicyclic) bond motifs is 1. The number of nitro groups is 1. The van der Waals surface area contributed by atoms with Gasteiger partial charge in [-0.25, -0.2) is 0 Å². The molecule has 1 amide bonds. The van der Waals surface area contributed by atoms with Crippen LogP contribution in [0.25, 0.3) is 0 Å². The van der Waals surface area contributed by atoms with Gasteiger partial charge >= 0.3 is 0 Å². The maximum Gasteiger partial charge on any atom is 0.293 e. The largest absolute Gasteiger partial charge is 0.371 e. The zero-order chi connectivity index (χ0) is 22.0. The smallest absolute Gasteiger partial charge is 0.293 e. The molecule has 0 spiro atoms. The lowest BCUT2D eigenvalue weighted by Gasteiger charge is -2.47. The third-order valence-electron chi connectivity index (χ3n) is 6.94. The summed E-state index contributed by atoms with van der Waals surface area (Å²) in [6.45, 7) is 4.92. The molecule has 4 rings (SSSR count). The van der Waals surface area contributed by atoms with Crippen LogP contribution < -0.4 is 5.32 Å². The number of carbonyl (C=O) groups is 1. The quantitative estimate of drug-likeness (QED) is 0.528. The van der Waals surface area contributed by atoms with E-state index in [9.17, 15) is 14.9 Å². The van der Waals surface area contributed by atoms with Crippen LogP contribution in [-0.2, 0) is 0 Å². The van der Waals surface area contributed by atoms with Crippen LogP contribution in [-0.4, -0.2) is 33.3 Å². The second-order valence-electron chi connectivity index (χ2n) is 8.89. The molecule has 2 aliphatic rings. The van der Waals surface area contributed by atoms with Crippen LogP contribution in [0.4, 0.5) is 11.4 Å². The van der Waals surface area contributed by atoms with Crippen molar-refractivity contribution in [3.8, 4) is 0 Å². The molecule has 1 saturated carbocycles. The summed E-state index contributed by atoms with van der Waals surface area (Å²) in [6.07, 6.45) is 7.27. The Morgan fingerprint density at radius 2 is 2.03 bits per heavy atom. The second kappa shape index (κ2) is 9.04. The highest BCUT2D eigenvalue weighted by atomic mass is 16.6. The molecule has 31 heavy (non-hydrogen) atoms. The topological polar surface area (TPSA) is 88.4 Å². The molecule has 1 aliphatic heterocycles. The van der Waals surface area contributed by atoms with Crippen LogP contribution >= 0.6 is 0 Å². The van der Waals surface area contributed by atoms with E-state index in [0.29, 0.717) is 23.1 Å². The SMILES string of the molecule is CC(Nc1ccc(C(=O)N2CCC(C)C3CCCCC32)cc1[N+](=O)[O-])c1ccccn1. The molecule has 4 atom stereocenters. The van der Waals surface area contributed by atoms with Gasteiger partial charge in [-0.05, 0) is 62.3 Å². The lowest BCUT2D eigenvalue weighted by molar-refractivity contribution is -0.384. The highest BCUT2D eigenvalue weighted by Crippen LogP contribution is 2.39. The minimum Gasteiger partial charge on any atom is -0.371 e. The summed E-state index contributed by atoms with van der Waals surface area (Å²) in [4.78, 5) is 31.0. The number of rotatable bonds is 5. The third kappa shape index (κ3) is 4.40. The lowest BCUT2D eigenvalue weighted by atomic mass is 9.72. The number of nitrogens with zero attached hydrogens (tertiary/aromatic N) is 3. The van der Waals surface area contributed by atoms with Gasteiger partial charge in [-0.2, -0.15) is 0 Å². The normalized spacial score (nSPS) is 24.2. The summed E-state index contributed by atoms with van der Waals surface area (Å²) in [5.41, 5.74) is 1.49. The van der Waals surface area contributed by atoms with Crippen LogP contribution in [0.5, 0.6) is 0 Å². The molecule has 1 aromatic heterocycles. The molecule has 1 aliphatic carbocycles. The summed E-state index contributed by atoms with van der Waals surface area (Å²) in [6, 6.07) is 10.4. The molecule has 0 radical (unpaired) electrons. The zero-order valence-electron chi connectivity index (χ0n) is 18.2. The van der Waals surface area contributed by atoms with E-state index in [4.69, 9.17) is 0 Å². The van der Waals surface area contributed by atoms with Crippen molar-refractivity contribution in [2.24, 2.45) is 11.8 Å². The van der Waals surface area contributed by atoms with Gasteiger partial charge in [0.1, 0.15) is 5.69 Å². The fourth-order valence-corrected chi connectivity index (χ4v) is 5.21. The highest BCUT2D eigenvalue weighted by Gasteiger charge is 2.39. The standard InChI is InChI=1S/C24H30N4O3/c1-16-12-14-27(22-9-4-3-7-19(16)22)24(29)18-10-11-21(23(15-18)28(30)31)26-17(2)20-8-5-6-13-25-20/h5-6,8,10-11,13,15-17,19,22,26H,3-4,7,9,12,14H2,1-2H3. The summed E-state index contributed by atoms with van der Waals surface area (Å²) in [5.74, 6) is 1.08. The molecule has 164 valence electrons. The van der Waals surface area contributed by atoms with Gasteiger partial charge in [-0.15, -0.1) is 0 Å². The van der Waals surface area contributed by atoms with Gasteiger partial charge in [-0.3, -0.25) is 19.9 Å². The molecular formula is C24H30N4O3. The molecule has 7 heteroatoms. The Morgan fingerprint density at radius 1 is 1.23 bits per heavy atom. The number of pyridine rings is 1. The Balaban J connectivity index is 1.57. The minimum atomic E-state index is -0.425. The number of nitro benzene ring substituents is 1. The van der Waals surface area contributed by atoms with E-state index in [0.717, 1.165) is 31.5 Å². The predicted molar refractivity (Wildman–Crippen MR) is 120 cm³/mol. The van der Waals surface area contributed by atoms with E-state index < -0.39 is 4.92 Å². The van der Waals surface area contributed by atoms with Crippen molar-refractivity contribution >= 4 is 17.3 Å². The third-order valence-corrected chi connectivity index (χ3v) is 6.94. The summed E-state index contributed by atoms with van der Waals surface area (Å²) in [5, 5.41) is 15.0. The number of likely N-dealkylation sites (tertiary alicyclic amines) is 1. The van der Waals surface area contributed by atoms with Crippen LogP contribution in [0.3, 0.4) is 0 Å². The second-order valence-corrected chi connectivity index (χ2v) is 8.89. The molecule has 2 aromatic rings. The number of hydrogen-bond acceptors (Lipinski definition) is 5. The molecule has 1 saturated heterocycles. The van der Waals surface area contributed by atoms with E-state index in [2.05, 4.69) is 17.2 Å². The zero-order valence-corrected chi connectivity index (χ0v) is 18.2. The number of hydrogen-bond donors (Lipinski definition) is 1. The summed E-state index contributed by atoms with van der Waals surface area (Å²) >= 11 is 0. The van der Waals surface area contributed by atoms with E-state index in [1.54, 1.807) is 18.3 Å². The first-order valence-electron chi connectivity index (χ1n) is 11.2. The molecule has 2 heterocycles. The number of piperidine rings is 1. The van der Waals surface area contributed by atoms with E-state index >= 15 is 0 Å². The first-order valence-corrected chi connectivity index (χ1v) is 11.2. The lowest BCUT2D eigenvalue weighted by Crippen LogP contribution is -2.52. The number of nitrogens with one attached hydrogen (secondary N) is 1. The van der Waals surface area contributed by atoms with E-state index in [-0.39, 0.29) is 23.7 Å². The fourth-order valence-electron chi connectivity index (χ4n) is 5.21. The minimum absolute atomic E-state index is 0.0841. The molecule has 1 N–H and O–H groups in total. The number of aromatic nitrogens is 1. The van der Waals surface area contributed by atoms with Gasteiger partial charge < -0.3 is 10.2 Å². The first-order chi connectivity index (χ1) is 15.0. The number of benzene rings is 1.